The molecule has 142 valence electrons. The first kappa shape index (κ1) is 17.7. The SMILES string of the molecule is Cc1cc2n(n1)CC=CN2C(=O)CCC(=O)Nc1cc(-c2ccncc2)c[nH]1. The average molecular weight is 376 g/mol. The molecule has 0 saturated heterocycles. The number of H-pyrrole nitrogens is 1. The normalized spacial score (nSPS) is 12.7. The van der Waals surface area contributed by atoms with Crippen molar-refractivity contribution >= 4 is 23.5 Å². The number of carbonyl (C=O) groups excluding carboxylic acids is 2. The maximum Gasteiger partial charge on any atom is 0.232 e. The van der Waals surface area contributed by atoms with Crippen molar-refractivity contribution in [3.63, 3.8) is 0 Å². The van der Waals surface area contributed by atoms with Crippen LogP contribution in [0.15, 0.2) is 55.1 Å². The van der Waals surface area contributed by atoms with E-state index in [0.29, 0.717) is 12.4 Å². The molecule has 4 heterocycles. The zero-order chi connectivity index (χ0) is 19.5. The monoisotopic (exact) mass is 376 g/mol. The molecule has 28 heavy (non-hydrogen) atoms. The van der Waals surface area contributed by atoms with Crippen LogP contribution in [0, 0.1) is 6.92 Å². The number of aromatic nitrogens is 4. The van der Waals surface area contributed by atoms with E-state index in [9.17, 15) is 9.59 Å². The van der Waals surface area contributed by atoms with Gasteiger partial charge in [0.1, 0.15) is 11.6 Å². The molecule has 0 atom stereocenters. The van der Waals surface area contributed by atoms with Gasteiger partial charge in [0.15, 0.2) is 0 Å². The van der Waals surface area contributed by atoms with Crippen LogP contribution in [0.5, 0.6) is 0 Å². The number of anilines is 2. The molecule has 0 aliphatic carbocycles. The van der Waals surface area contributed by atoms with E-state index in [2.05, 4.69) is 20.4 Å². The van der Waals surface area contributed by atoms with Crippen LogP contribution in [-0.2, 0) is 16.1 Å². The van der Waals surface area contributed by atoms with Crippen LogP contribution in [0.4, 0.5) is 11.6 Å². The standard InChI is InChI=1S/C20H20N6O2/c1-14-11-19-25(9-2-10-26(19)24-14)20(28)4-3-18(27)23-17-12-16(13-22-17)15-5-7-21-8-6-15/h2,5-9,11-13,22H,3-4,10H2,1H3,(H,23,27). The number of rotatable bonds is 5. The fraction of sp³-hybridized carbons (Fsp3) is 0.200. The number of aryl methyl sites for hydroxylation is 1. The zero-order valence-corrected chi connectivity index (χ0v) is 15.4. The van der Waals surface area contributed by atoms with Crippen LogP contribution < -0.4 is 10.2 Å². The van der Waals surface area contributed by atoms with Gasteiger partial charge in [-0.05, 0) is 36.8 Å². The molecular weight excluding hydrogens is 356 g/mol. The van der Waals surface area contributed by atoms with Gasteiger partial charge in [-0.2, -0.15) is 5.10 Å². The fourth-order valence-corrected chi connectivity index (χ4v) is 3.13. The number of nitrogens with one attached hydrogen (secondary N) is 2. The first-order valence-electron chi connectivity index (χ1n) is 9.02. The van der Waals surface area contributed by atoms with Crippen LogP contribution in [0.2, 0.25) is 0 Å². The van der Waals surface area contributed by atoms with Gasteiger partial charge in [0.05, 0.1) is 12.2 Å². The minimum atomic E-state index is -0.220. The lowest BCUT2D eigenvalue weighted by Crippen LogP contribution is -2.30. The molecule has 2 amide bonds. The molecule has 4 rings (SSSR count). The minimum Gasteiger partial charge on any atom is -0.348 e. The van der Waals surface area contributed by atoms with Crippen molar-refractivity contribution in [2.45, 2.75) is 26.3 Å². The first-order chi connectivity index (χ1) is 13.6. The number of nitrogens with zero attached hydrogens (tertiary/aromatic N) is 4. The number of carbonyl (C=O) groups is 2. The van der Waals surface area contributed by atoms with Crippen LogP contribution in [0.25, 0.3) is 11.1 Å². The average Bonchev–Trinajstić information content (AvgIpc) is 3.32. The Bertz CT molecular complexity index is 1030. The Hall–Kier alpha value is -3.68. The summed E-state index contributed by atoms with van der Waals surface area (Å²) in [4.78, 5) is 33.4. The minimum absolute atomic E-state index is 0.0971. The van der Waals surface area contributed by atoms with Crippen molar-refractivity contribution in [1.29, 1.82) is 0 Å². The Morgan fingerprint density at radius 1 is 1.18 bits per heavy atom. The van der Waals surface area contributed by atoms with Gasteiger partial charge in [-0.3, -0.25) is 19.5 Å². The Kier molecular flexibility index (Phi) is 4.76. The molecule has 0 saturated carbocycles. The van der Waals surface area contributed by atoms with Gasteiger partial charge in [0.25, 0.3) is 0 Å². The van der Waals surface area contributed by atoms with Gasteiger partial charge in [0.2, 0.25) is 11.8 Å². The lowest BCUT2D eigenvalue weighted by atomic mass is 10.1. The van der Waals surface area contributed by atoms with Gasteiger partial charge in [-0.25, -0.2) is 4.68 Å². The number of amides is 2. The third-order valence-corrected chi connectivity index (χ3v) is 4.47. The number of fused-ring (bicyclic) bond motifs is 1. The van der Waals surface area contributed by atoms with Crippen molar-refractivity contribution in [2.75, 3.05) is 10.2 Å². The molecule has 3 aromatic rings. The second-order valence-corrected chi connectivity index (χ2v) is 6.56. The maximum absolute atomic E-state index is 12.6. The predicted molar refractivity (Wildman–Crippen MR) is 105 cm³/mol. The summed E-state index contributed by atoms with van der Waals surface area (Å²) in [5, 5.41) is 7.14. The summed E-state index contributed by atoms with van der Waals surface area (Å²) in [7, 11) is 0. The summed E-state index contributed by atoms with van der Waals surface area (Å²) >= 11 is 0. The highest BCUT2D eigenvalue weighted by Crippen LogP contribution is 2.23. The number of aromatic amines is 1. The van der Waals surface area contributed by atoms with Crippen LogP contribution in [0.3, 0.4) is 0 Å². The molecule has 0 spiro atoms. The van der Waals surface area contributed by atoms with E-state index >= 15 is 0 Å². The van der Waals surface area contributed by atoms with Crippen molar-refractivity contribution in [3.05, 3.63) is 60.8 Å². The van der Waals surface area contributed by atoms with Gasteiger partial charge in [-0.15, -0.1) is 0 Å². The smallest absolute Gasteiger partial charge is 0.232 e. The molecule has 2 N–H and O–H groups in total. The molecule has 0 radical (unpaired) electrons. The summed E-state index contributed by atoms with van der Waals surface area (Å²) in [6.07, 6.45) is 9.07. The van der Waals surface area contributed by atoms with Gasteiger partial charge in [0, 0.05) is 49.3 Å². The Morgan fingerprint density at radius 2 is 2.00 bits per heavy atom. The van der Waals surface area contributed by atoms with Gasteiger partial charge < -0.3 is 10.3 Å². The molecule has 3 aromatic heterocycles. The van der Waals surface area contributed by atoms with Crippen molar-refractivity contribution < 1.29 is 9.59 Å². The van der Waals surface area contributed by atoms with E-state index < -0.39 is 0 Å². The number of allylic oxidation sites excluding steroid dienone is 1. The maximum atomic E-state index is 12.6. The van der Waals surface area contributed by atoms with Crippen LogP contribution >= 0.6 is 0 Å². The summed E-state index contributed by atoms with van der Waals surface area (Å²) < 4.78 is 1.77. The lowest BCUT2D eigenvalue weighted by Gasteiger charge is -2.22. The summed E-state index contributed by atoms with van der Waals surface area (Å²) in [5.74, 6) is 0.964. The topological polar surface area (TPSA) is 95.9 Å². The van der Waals surface area contributed by atoms with Crippen LogP contribution in [-0.4, -0.2) is 31.6 Å². The summed E-state index contributed by atoms with van der Waals surface area (Å²) in [6, 6.07) is 7.50. The molecule has 1 aliphatic heterocycles. The Morgan fingerprint density at radius 3 is 2.82 bits per heavy atom. The highest BCUT2D eigenvalue weighted by atomic mass is 16.2. The Balaban J connectivity index is 1.34. The third kappa shape index (κ3) is 3.71. The zero-order valence-electron chi connectivity index (χ0n) is 15.4. The third-order valence-electron chi connectivity index (χ3n) is 4.47. The van der Waals surface area contributed by atoms with Crippen molar-refractivity contribution in [3.8, 4) is 11.1 Å². The quantitative estimate of drug-likeness (QED) is 0.716. The highest BCUT2D eigenvalue weighted by molar-refractivity contribution is 5.98. The van der Waals surface area contributed by atoms with E-state index in [1.807, 2.05) is 43.5 Å². The largest absolute Gasteiger partial charge is 0.348 e. The second kappa shape index (κ2) is 7.51. The predicted octanol–water partition coefficient (Wildman–Crippen LogP) is 2.86. The number of pyridine rings is 1. The van der Waals surface area contributed by atoms with Gasteiger partial charge in [-0.1, -0.05) is 0 Å². The fourth-order valence-electron chi connectivity index (χ4n) is 3.13. The molecular formula is C20H20N6O2. The van der Waals surface area contributed by atoms with E-state index in [1.54, 1.807) is 28.2 Å². The van der Waals surface area contributed by atoms with E-state index in [4.69, 9.17) is 0 Å². The van der Waals surface area contributed by atoms with E-state index in [1.165, 1.54) is 0 Å². The molecule has 8 heteroatoms. The van der Waals surface area contributed by atoms with Crippen molar-refractivity contribution in [2.24, 2.45) is 0 Å². The molecule has 0 bridgehead atoms. The molecule has 1 aliphatic rings. The van der Waals surface area contributed by atoms with Crippen molar-refractivity contribution in [1.82, 2.24) is 19.7 Å². The summed E-state index contributed by atoms with van der Waals surface area (Å²) in [5.41, 5.74) is 2.81. The highest BCUT2D eigenvalue weighted by Gasteiger charge is 2.21. The molecule has 8 nitrogen and oxygen atoms in total. The molecule has 0 fully saturated rings. The Labute approximate surface area is 161 Å². The lowest BCUT2D eigenvalue weighted by molar-refractivity contribution is -0.122. The summed E-state index contributed by atoms with van der Waals surface area (Å²) in [6.45, 7) is 2.53. The number of hydrogen-bond acceptors (Lipinski definition) is 4. The van der Waals surface area contributed by atoms with Gasteiger partial charge >= 0.3 is 0 Å². The van der Waals surface area contributed by atoms with Crippen LogP contribution in [0.1, 0.15) is 18.5 Å². The number of hydrogen-bond donors (Lipinski definition) is 2. The molecule has 0 aromatic carbocycles. The second-order valence-electron chi connectivity index (χ2n) is 6.56. The van der Waals surface area contributed by atoms with E-state index in [0.717, 1.165) is 22.6 Å². The molecule has 0 unspecified atom stereocenters. The van der Waals surface area contributed by atoms with E-state index in [-0.39, 0.29) is 24.7 Å². The first-order valence-corrected chi connectivity index (χ1v) is 9.02.